The van der Waals surface area contributed by atoms with Crippen molar-refractivity contribution in [2.75, 3.05) is 18.5 Å². The Hall–Kier alpha value is -2.69. The summed E-state index contributed by atoms with van der Waals surface area (Å²) in [6.45, 7) is 3.70. The van der Waals surface area contributed by atoms with Crippen LogP contribution in [-0.4, -0.2) is 19.2 Å². The summed E-state index contributed by atoms with van der Waals surface area (Å²) in [4.78, 5) is 12.0. The van der Waals surface area contributed by atoms with E-state index >= 15 is 0 Å². The van der Waals surface area contributed by atoms with E-state index in [9.17, 15) is 4.79 Å². The smallest absolute Gasteiger partial charge is 0.319 e. The molecule has 5 heteroatoms. The number of fused-ring (bicyclic) bond motifs is 1. The van der Waals surface area contributed by atoms with Crippen LogP contribution in [0.1, 0.15) is 24.5 Å². The first kappa shape index (κ1) is 16.2. The van der Waals surface area contributed by atoms with Crippen LogP contribution in [0.25, 0.3) is 0 Å². The lowest BCUT2D eigenvalue weighted by molar-refractivity contribution is 0.171. The van der Waals surface area contributed by atoms with Crippen molar-refractivity contribution in [3.05, 3.63) is 53.6 Å². The van der Waals surface area contributed by atoms with Gasteiger partial charge in [-0.05, 0) is 41.8 Å². The predicted octanol–water partition coefficient (Wildman–Crippen LogP) is 3.73. The zero-order valence-corrected chi connectivity index (χ0v) is 13.8. The second kappa shape index (κ2) is 7.73. The number of aryl methyl sites for hydroxylation is 1. The Balaban J connectivity index is 1.52. The molecule has 0 saturated carbocycles. The van der Waals surface area contributed by atoms with Gasteiger partial charge in [0.1, 0.15) is 13.2 Å². The van der Waals surface area contributed by atoms with Crippen LogP contribution in [0.5, 0.6) is 11.5 Å². The van der Waals surface area contributed by atoms with Crippen molar-refractivity contribution in [2.45, 2.75) is 26.3 Å². The van der Waals surface area contributed by atoms with Gasteiger partial charge in [0.2, 0.25) is 0 Å². The van der Waals surface area contributed by atoms with Gasteiger partial charge in [0.05, 0.1) is 0 Å². The van der Waals surface area contributed by atoms with E-state index in [0.29, 0.717) is 19.8 Å². The number of anilines is 1. The minimum Gasteiger partial charge on any atom is -0.486 e. The van der Waals surface area contributed by atoms with Crippen LogP contribution in [-0.2, 0) is 13.0 Å². The van der Waals surface area contributed by atoms with Crippen molar-refractivity contribution in [3.8, 4) is 11.5 Å². The largest absolute Gasteiger partial charge is 0.486 e. The summed E-state index contributed by atoms with van der Waals surface area (Å²) in [7, 11) is 0. The van der Waals surface area contributed by atoms with Crippen molar-refractivity contribution >= 4 is 11.7 Å². The fourth-order valence-corrected chi connectivity index (χ4v) is 2.60. The third-order valence-electron chi connectivity index (χ3n) is 3.81. The number of ether oxygens (including phenoxy) is 2. The molecule has 0 saturated heterocycles. The monoisotopic (exact) mass is 326 g/mol. The molecule has 0 unspecified atom stereocenters. The van der Waals surface area contributed by atoms with E-state index < -0.39 is 0 Å². The molecule has 0 aromatic heterocycles. The van der Waals surface area contributed by atoms with E-state index in [1.165, 1.54) is 5.56 Å². The first-order valence-corrected chi connectivity index (χ1v) is 8.27. The summed E-state index contributed by atoms with van der Waals surface area (Å²) in [6.07, 6.45) is 2.17. The van der Waals surface area contributed by atoms with Crippen LogP contribution < -0.4 is 20.1 Å². The molecular weight excluding hydrogens is 304 g/mol. The number of carbonyl (C=O) groups is 1. The average Bonchev–Trinajstić information content (AvgIpc) is 2.62. The van der Waals surface area contributed by atoms with Gasteiger partial charge in [-0.1, -0.05) is 31.5 Å². The number of hydrogen-bond donors (Lipinski definition) is 2. The number of hydrogen-bond acceptors (Lipinski definition) is 3. The molecule has 0 aliphatic carbocycles. The van der Waals surface area contributed by atoms with Gasteiger partial charge >= 0.3 is 6.03 Å². The highest BCUT2D eigenvalue weighted by Gasteiger charge is 2.12. The lowest BCUT2D eigenvalue weighted by Crippen LogP contribution is -2.28. The number of amides is 2. The Labute approximate surface area is 142 Å². The van der Waals surface area contributed by atoms with Gasteiger partial charge in [0, 0.05) is 12.2 Å². The molecule has 2 aromatic carbocycles. The van der Waals surface area contributed by atoms with Gasteiger partial charge in [0.15, 0.2) is 11.5 Å². The normalized spacial score (nSPS) is 12.5. The van der Waals surface area contributed by atoms with Crippen LogP contribution in [0.2, 0.25) is 0 Å². The van der Waals surface area contributed by atoms with E-state index in [4.69, 9.17) is 9.47 Å². The van der Waals surface area contributed by atoms with Crippen molar-refractivity contribution in [2.24, 2.45) is 0 Å². The highest BCUT2D eigenvalue weighted by atomic mass is 16.6. The number of carbonyl (C=O) groups excluding carboxylic acids is 1. The van der Waals surface area contributed by atoms with Gasteiger partial charge < -0.3 is 20.1 Å². The van der Waals surface area contributed by atoms with Gasteiger partial charge in [0.25, 0.3) is 0 Å². The van der Waals surface area contributed by atoms with Gasteiger partial charge in [-0.3, -0.25) is 0 Å². The summed E-state index contributed by atoms with van der Waals surface area (Å²) in [6, 6.07) is 13.4. The molecule has 5 nitrogen and oxygen atoms in total. The molecule has 0 spiro atoms. The Morgan fingerprint density at radius 2 is 1.71 bits per heavy atom. The number of rotatable bonds is 5. The lowest BCUT2D eigenvalue weighted by Gasteiger charge is -2.19. The third-order valence-corrected chi connectivity index (χ3v) is 3.81. The molecule has 0 bridgehead atoms. The molecule has 0 radical (unpaired) electrons. The maximum absolute atomic E-state index is 12.0. The van der Waals surface area contributed by atoms with Crippen LogP contribution in [0.15, 0.2) is 42.5 Å². The predicted molar refractivity (Wildman–Crippen MR) is 93.7 cm³/mol. The highest BCUT2D eigenvalue weighted by molar-refractivity contribution is 5.89. The maximum Gasteiger partial charge on any atom is 0.319 e. The van der Waals surface area contributed by atoms with Gasteiger partial charge in [-0.2, -0.15) is 0 Å². The Kier molecular flexibility index (Phi) is 5.21. The van der Waals surface area contributed by atoms with Crippen LogP contribution in [0, 0.1) is 0 Å². The van der Waals surface area contributed by atoms with E-state index in [0.717, 1.165) is 35.6 Å². The third kappa shape index (κ3) is 4.19. The molecule has 0 atom stereocenters. The average molecular weight is 326 g/mol. The Morgan fingerprint density at radius 1 is 1.00 bits per heavy atom. The van der Waals surface area contributed by atoms with Crippen molar-refractivity contribution in [3.63, 3.8) is 0 Å². The molecule has 2 aromatic rings. The standard InChI is InChI=1S/C19H22N2O3/c1-2-3-14-4-7-16(8-5-14)21-19(22)20-13-15-6-9-17-18(12-15)24-11-10-23-17/h4-9,12H,2-3,10-11,13H2,1H3,(H2,20,21,22). The topological polar surface area (TPSA) is 59.6 Å². The quantitative estimate of drug-likeness (QED) is 0.880. The molecule has 2 amide bonds. The van der Waals surface area contributed by atoms with E-state index in [-0.39, 0.29) is 6.03 Å². The lowest BCUT2D eigenvalue weighted by atomic mass is 10.1. The molecule has 1 heterocycles. The Bertz CT molecular complexity index is 698. The molecule has 24 heavy (non-hydrogen) atoms. The zero-order valence-electron chi connectivity index (χ0n) is 13.8. The second-order valence-corrected chi connectivity index (χ2v) is 5.73. The fourth-order valence-electron chi connectivity index (χ4n) is 2.60. The molecule has 1 aliphatic rings. The van der Waals surface area contributed by atoms with E-state index in [1.807, 2.05) is 42.5 Å². The minimum atomic E-state index is -0.229. The number of urea groups is 1. The Morgan fingerprint density at radius 3 is 2.46 bits per heavy atom. The van der Waals surface area contributed by atoms with E-state index in [1.54, 1.807) is 0 Å². The molecule has 3 rings (SSSR count). The minimum absolute atomic E-state index is 0.229. The fraction of sp³-hybridized carbons (Fsp3) is 0.316. The van der Waals surface area contributed by atoms with Gasteiger partial charge in [-0.25, -0.2) is 4.79 Å². The summed E-state index contributed by atoms with van der Waals surface area (Å²) < 4.78 is 11.0. The number of benzene rings is 2. The van der Waals surface area contributed by atoms with Crippen LogP contribution in [0.3, 0.4) is 0 Å². The second-order valence-electron chi connectivity index (χ2n) is 5.73. The van der Waals surface area contributed by atoms with Crippen molar-refractivity contribution in [1.29, 1.82) is 0 Å². The highest BCUT2D eigenvalue weighted by Crippen LogP contribution is 2.30. The molecule has 0 fully saturated rings. The van der Waals surface area contributed by atoms with Crippen molar-refractivity contribution in [1.82, 2.24) is 5.32 Å². The van der Waals surface area contributed by atoms with Crippen molar-refractivity contribution < 1.29 is 14.3 Å². The molecular formula is C19H22N2O3. The molecule has 126 valence electrons. The summed E-state index contributed by atoms with van der Waals surface area (Å²) in [5.41, 5.74) is 3.03. The van der Waals surface area contributed by atoms with Gasteiger partial charge in [-0.15, -0.1) is 0 Å². The zero-order chi connectivity index (χ0) is 16.8. The summed E-state index contributed by atoms with van der Waals surface area (Å²) in [5.74, 6) is 1.48. The van der Waals surface area contributed by atoms with E-state index in [2.05, 4.69) is 17.6 Å². The maximum atomic E-state index is 12.0. The summed E-state index contributed by atoms with van der Waals surface area (Å²) >= 11 is 0. The first-order valence-electron chi connectivity index (χ1n) is 8.27. The molecule has 2 N–H and O–H groups in total. The number of nitrogens with one attached hydrogen (secondary N) is 2. The van der Waals surface area contributed by atoms with Crippen LogP contribution >= 0.6 is 0 Å². The SMILES string of the molecule is CCCc1ccc(NC(=O)NCc2ccc3c(c2)OCCO3)cc1. The summed E-state index contributed by atoms with van der Waals surface area (Å²) in [5, 5.41) is 5.69. The van der Waals surface area contributed by atoms with Crippen LogP contribution in [0.4, 0.5) is 10.5 Å². The molecule has 1 aliphatic heterocycles. The first-order chi connectivity index (χ1) is 11.7.